The molecule has 0 radical (unpaired) electrons. The number of carbonyl (C=O) groups is 2. The second-order valence-corrected chi connectivity index (χ2v) is 14.0. The maximum Gasteiger partial charge on any atom is 0.413 e. The Bertz CT molecular complexity index is 1500. The van der Waals surface area contributed by atoms with Crippen LogP contribution in [0.2, 0.25) is 10.0 Å². The van der Waals surface area contributed by atoms with Crippen LogP contribution >= 0.6 is 23.2 Å². The van der Waals surface area contributed by atoms with Gasteiger partial charge < -0.3 is 14.8 Å². The molecule has 3 aromatic rings. The minimum atomic E-state index is -0.895. The van der Waals surface area contributed by atoms with Gasteiger partial charge in [0.2, 0.25) is 5.91 Å². The summed E-state index contributed by atoms with van der Waals surface area (Å²) in [5.74, 6) is -0.655. The number of carbonyl (C=O) groups excluding carboxylic acids is 2. The molecule has 3 atom stereocenters. The van der Waals surface area contributed by atoms with Crippen molar-refractivity contribution >= 4 is 35.2 Å². The van der Waals surface area contributed by atoms with Gasteiger partial charge in [0.05, 0.1) is 24.4 Å². The van der Waals surface area contributed by atoms with Gasteiger partial charge in [-0.15, -0.1) is 5.10 Å². The van der Waals surface area contributed by atoms with Gasteiger partial charge in [-0.05, 0) is 102 Å². The lowest BCUT2D eigenvalue weighted by Crippen LogP contribution is -2.47. The molecule has 2 heterocycles. The van der Waals surface area contributed by atoms with E-state index < -0.39 is 29.5 Å². The number of nitrogens with one attached hydrogen (secondary N) is 1. The first-order chi connectivity index (χ1) is 20.6. The van der Waals surface area contributed by atoms with Crippen LogP contribution in [0.15, 0.2) is 48.7 Å². The summed E-state index contributed by atoms with van der Waals surface area (Å²) < 4.78 is 27.1. The van der Waals surface area contributed by atoms with E-state index in [9.17, 15) is 14.0 Å². The Labute approximate surface area is 267 Å². The first kappa shape index (κ1) is 32.2. The molecule has 1 N–H and O–H groups in total. The zero-order valence-corrected chi connectivity index (χ0v) is 27.2. The van der Waals surface area contributed by atoms with Crippen LogP contribution in [-0.4, -0.2) is 49.3 Å². The Morgan fingerprint density at radius 3 is 2.39 bits per heavy atom. The molecule has 0 bridgehead atoms. The van der Waals surface area contributed by atoms with Crippen molar-refractivity contribution in [3.8, 4) is 0 Å². The lowest BCUT2D eigenvalue weighted by molar-refractivity contribution is -0.129. The molecule has 236 valence electrons. The number of benzene rings is 2. The molecule has 2 aromatic carbocycles. The van der Waals surface area contributed by atoms with E-state index in [4.69, 9.17) is 32.7 Å². The molecule has 1 saturated carbocycles. The molecule has 12 heteroatoms. The van der Waals surface area contributed by atoms with Crippen molar-refractivity contribution in [3.05, 3.63) is 81.3 Å². The largest absolute Gasteiger partial charge is 0.444 e. The summed E-state index contributed by atoms with van der Waals surface area (Å²) >= 11 is 12.5. The van der Waals surface area contributed by atoms with Gasteiger partial charge in [0.25, 0.3) is 0 Å². The number of hydrogen-bond acceptors (Lipinski definition) is 6. The van der Waals surface area contributed by atoms with E-state index in [-0.39, 0.29) is 29.8 Å². The summed E-state index contributed by atoms with van der Waals surface area (Å²) in [6.07, 6.45) is 2.60. The smallest absolute Gasteiger partial charge is 0.413 e. The lowest BCUT2D eigenvalue weighted by atomic mass is 9.79. The molecule has 9 nitrogen and oxygen atoms in total. The van der Waals surface area contributed by atoms with Crippen molar-refractivity contribution in [3.63, 3.8) is 0 Å². The number of halogens is 3. The highest BCUT2D eigenvalue weighted by molar-refractivity contribution is 6.34. The number of rotatable bonds is 7. The molecule has 44 heavy (non-hydrogen) atoms. The van der Waals surface area contributed by atoms with Gasteiger partial charge in [0, 0.05) is 16.0 Å². The Balaban J connectivity index is 1.26. The quantitative estimate of drug-likeness (QED) is 0.292. The van der Waals surface area contributed by atoms with Crippen LogP contribution in [0, 0.1) is 11.7 Å². The number of hydrogen-bond donors (Lipinski definition) is 1. The molecule has 1 aliphatic heterocycles. The topological polar surface area (TPSA) is 98.6 Å². The molecule has 0 spiro atoms. The van der Waals surface area contributed by atoms with Crippen molar-refractivity contribution in [1.29, 1.82) is 0 Å². The van der Waals surface area contributed by atoms with E-state index >= 15 is 0 Å². The van der Waals surface area contributed by atoms with Crippen LogP contribution in [0.25, 0.3) is 0 Å². The first-order valence-corrected chi connectivity index (χ1v) is 15.5. The second kappa shape index (κ2) is 12.3. The van der Waals surface area contributed by atoms with Crippen molar-refractivity contribution in [2.24, 2.45) is 5.92 Å². The molecule has 1 aliphatic carbocycles. The van der Waals surface area contributed by atoms with E-state index in [1.165, 1.54) is 12.1 Å². The monoisotopic (exact) mass is 645 g/mol. The van der Waals surface area contributed by atoms with Gasteiger partial charge in [-0.25, -0.2) is 13.9 Å². The highest BCUT2D eigenvalue weighted by Gasteiger charge is 2.51. The number of nitrogens with zero attached hydrogens (tertiary/aromatic N) is 4. The molecule has 2 fully saturated rings. The van der Waals surface area contributed by atoms with Crippen LogP contribution in [0.5, 0.6) is 0 Å². The third-order valence-corrected chi connectivity index (χ3v) is 8.45. The number of amides is 2. The second-order valence-electron chi connectivity index (χ2n) is 13.1. The van der Waals surface area contributed by atoms with E-state index in [1.54, 1.807) is 39.9 Å². The first-order valence-electron chi connectivity index (χ1n) is 14.7. The summed E-state index contributed by atoms with van der Waals surface area (Å²) in [6.45, 7) is 11.0. The van der Waals surface area contributed by atoms with Crippen LogP contribution in [-0.2, 0) is 20.7 Å². The maximum absolute atomic E-state index is 13.5. The summed E-state index contributed by atoms with van der Waals surface area (Å²) in [5, 5.41) is 12.9. The minimum absolute atomic E-state index is 0.0243. The molecule has 2 aliphatic rings. The molecular formula is C32H38Cl2FN5O4. The summed E-state index contributed by atoms with van der Waals surface area (Å²) in [5.41, 5.74) is 0.664. The van der Waals surface area contributed by atoms with Crippen LogP contribution in [0.4, 0.5) is 9.18 Å². The van der Waals surface area contributed by atoms with E-state index in [0.717, 1.165) is 11.1 Å². The Hall–Kier alpha value is -3.21. The third kappa shape index (κ3) is 7.19. The molecule has 1 aromatic heterocycles. The molecule has 1 saturated heterocycles. The van der Waals surface area contributed by atoms with Gasteiger partial charge in [-0.3, -0.25) is 9.69 Å². The van der Waals surface area contributed by atoms with Crippen molar-refractivity contribution in [2.45, 2.75) is 96.4 Å². The Morgan fingerprint density at radius 1 is 1.14 bits per heavy atom. The van der Waals surface area contributed by atoms with Crippen molar-refractivity contribution in [2.75, 3.05) is 0 Å². The van der Waals surface area contributed by atoms with Gasteiger partial charge in [0.15, 0.2) is 0 Å². The normalized spacial score (nSPS) is 23.6. The highest BCUT2D eigenvalue weighted by Crippen LogP contribution is 2.43. The third-order valence-electron chi connectivity index (χ3n) is 8.01. The standard InChI is InChI=1S/C32H38Cl2FN5O4/c1-18-28(40(32(5,6)43-18)30(42)44-31(2,3)4)27-17-39(38-37-27)25-14-21(15-25)29(41)36-26(11-19-7-9-24(35)10-8-19)20-12-22(33)16-23(34)13-20/h7-10,12-13,16-18,21,25-26,28H,11,14-15H2,1-6H3,(H,36,41)/t18-,21?,25?,26?,28+/m1/s1. The average molecular weight is 647 g/mol. The molecule has 1 unspecified atom stereocenters. The van der Waals surface area contributed by atoms with E-state index in [2.05, 4.69) is 15.6 Å². The van der Waals surface area contributed by atoms with Gasteiger partial charge >= 0.3 is 6.09 Å². The van der Waals surface area contributed by atoms with Gasteiger partial charge in [-0.1, -0.05) is 40.5 Å². The average Bonchev–Trinajstić information content (AvgIpc) is 3.43. The fourth-order valence-electron chi connectivity index (χ4n) is 5.93. The van der Waals surface area contributed by atoms with Crippen molar-refractivity contribution < 1.29 is 23.5 Å². The number of ether oxygens (including phenoxy) is 2. The van der Waals surface area contributed by atoms with Gasteiger partial charge in [0.1, 0.15) is 28.9 Å². The molecule has 2 amide bonds. The van der Waals surface area contributed by atoms with E-state index in [1.807, 2.05) is 47.7 Å². The fraction of sp³-hybridized carbons (Fsp3) is 0.500. The summed E-state index contributed by atoms with van der Waals surface area (Å²) in [7, 11) is 0. The van der Waals surface area contributed by atoms with Crippen molar-refractivity contribution in [1.82, 2.24) is 25.2 Å². The lowest BCUT2D eigenvalue weighted by Gasteiger charge is -2.35. The van der Waals surface area contributed by atoms with Crippen LogP contribution < -0.4 is 5.32 Å². The summed E-state index contributed by atoms with van der Waals surface area (Å²) in [6, 6.07) is 10.5. The van der Waals surface area contributed by atoms with Gasteiger partial charge in [-0.2, -0.15) is 0 Å². The maximum atomic E-state index is 13.5. The predicted molar refractivity (Wildman–Crippen MR) is 165 cm³/mol. The Morgan fingerprint density at radius 2 is 1.77 bits per heavy atom. The zero-order valence-electron chi connectivity index (χ0n) is 25.7. The predicted octanol–water partition coefficient (Wildman–Crippen LogP) is 7.21. The molecular weight excluding hydrogens is 608 g/mol. The minimum Gasteiger partial charge on any atom is -0.444 e. The zero-order chi connectivity index (χ0) is 32.0. The molecule has 5 rings (SSSR count). The van der Waals surface area contributed by atoms with Crippen LogP contribution in [0.3, 0.4) is 0 Å². The van der Waals surface area contributed by atoms with E-state index in [0.29, 0.717) is 35.0 Å². The number of aromatic nitrogens is 3. The van der Waals surface area contributed by atoms with Crippen LogP contribution in [0.1, 0.15) is 89.3 Å². The highest BCUT2D eigenvalue weighted by atomic mass is 35.5. The Kier molecular flexibility index (Phi) is 8.99. The SMILES string of the molecule is C[C@H]1OC(C)(C)N(C(=O)OC(C)(C)C)[C@@H]1c1cn(C2CC(C(=O)NC(Cc3ccc(F)cc3)c3cc(Cl)cc(Cl)c3)C2)nn1. The summed E-state index contributed by atoms with van der Waals surface area (Å²) in [4.78, 5) is 28.2. The fourth-order valence-corrected chi connectivity index (χ4v) is 6.48.